The van der Waals surface area contributed by atoms with Crippen LogP contribution in [0.1, 0.15) is 35.5 Å². The zero-order valence-corrected chi connectivity index (χ0v) is 19.2. The summed E-state index contributed by atoms with van der Waals surface area (Å²) >= 11 is 0. The molecule has 0 saturated carbocycles. The van der Waals surface area contributed by atoms with Crippen LogP contribution in [0.25, 0.3) is 0 Å². The van der Waals surface area contributed by atoms with Gasteiger partial charge in [0.15, 0.2) is 5.76 Å². The summed E-state index contributed by atoms with van der Waals surface area (Å²) in [4.78, 5) is 26.2. The van der Waals surface area contributed by atoms with E-state index in [1.54, 1.807) is 55.1 Å². The molecule has 4 rings (SSSR count). The summed E-state index contributed by atoms with van der Waals surface area (Å²) in [6, 6.07) is 14.7. The Morgan fingerprint density at radius 1 is 1.00 bits per heavy atom. The van der Waals surface area contributed by atoms with Crippen molar-refractivity contribution in [3.05, 3.63) is 77.7 Å². The third-order valence-electron chi connectivity index (χ3n) is 5.45. The van der Waals surface area contributed by atoms with Gasteiger partial charge in [0, 0.05) is 30.4 Å². The molecule has 1 aromatic heterocycles. The van der Waals surface area contributed by atoms with Crippen molar-refractivity contribution >= 4 is 33.2 Å². The molecule has 0 spiro atoms. The van der Waals surface area contributed by atoms with Gasteiger partial charge in [0.25, 0.3) is 15.9 Å². The molecule has 3 aromatic rings. The lowest BCUT2D eigenvalue weighted by Gasteiger charge is -2.28. The van der Waals surface area contributed by atoms with Gasteiger partial charge in [0.05, 0.1) is 11.2 Å². The molecule has 0 bridgehead atoms. The van der Waals surface area contributed by atoms with Gasteiger partial charge in [-0.2, -0.15) is 0 Å². The molecular weight excluding hydrogens is 442 g/mol. The van der Waals surface area contributed by atoms with Crippen molar-refractivity contribution in [1.82, 2.24) is 4.90 Å². The number of carbonyl (C=O) groups is 2. The largest absolute Gasteiger partial charge is 0.459 e. The van der Waals surface area contributed by atoms with E-state index in [1.807, 2.05) is 6.07 Å². The Morgan fingerprint density at radius 2 is 1.73 bits per heavy atom. The smallest absolute Gasteiger partial charge is 0.289 e. The molecule has 2 heterocycles. The van der Waals surface area contributed by atoms with Crippen LogP contribution in [0.4, 0.5) is 11.4 Å². The van der Waals surface area contributed by atoms with E-state index in [1.165, 1.54) is 18.4 Å². The number of nitrogens with one attached hydrogen (secondary N) is 2. The van der Waals surface area contributed by atoms with Gasteiger partial charge in [-0.05, 0) is 66.1 Å². The Kier molecular flexibility index (Phi) is 6.24. The normalized spacial score (nSPS) is 13.5. The number of nitrogens with zero attached hydrogens (tertiary/aromatic N) is 1. The highest BCUT2D eigenvalue weighted by molar-refractivity contribution is 7.92. The Hall–Kier alpha value is -3.59. The zero-order chi connectivity index (χ0) is 23.6. The third kappa shape index (κ3) is 5.09. The summed E-state index contributed by atoms with van der Waals surface area (Å²) in [5, 5.41) is 2.73. The first kappa shape index (κ1) is 22.6. The average molecular weight is 468 g/mol. The quantitative estimate of drug-likeness (QED) is 0.572. The number of rotatable bonds is 6. The van der Waals surface area contributed by atoms with Gasteiger partial charge in [0.2, 0.25) is 5.91 Å². The van der Waals surface area contributed by atoms with Crippen LogP contribution in [0.15, 0.2) is 70.2 Å². The molecule has 0 aliphatic carbocycles. The fourth-order valence-electron chi connectivity index (χ4n) is 3.57. The first-order valence-electron chi connectivity index (χ1n) is 10.6. The Morgan fingerprint density at radius 3 is 2.39 bits per heavy atom. The number of furan rings is 1. The van der Waals surface area contributed by atoms with Crippen molar-refractivity contribution in [1.29, 1.82) is 0 Å². The zero-order valence-electron chi connectivity index (χ0n) is 18.4. The number of benzene rings is 2. The molecule has 0 atom stereocenters. The first-order chi connectivity index (χ1) is 15.7. The lowest BCUT2D eigenvalue weighted by Crippen LogP contribution is -2.35. The number of fused-ring (bicyclic) bond motifs is 1. The number of sulfonamides is 1. The molecule has 9 heteroatoms. The monoisotopic (exact) mass is 467 g/mol. The van der Waals surface area contributed by atoms with Crippen molar-refractivity contribution in [2.75, 3.05) is 16.6 Å². The maximum atomic E-state index is 12.9. The van der Waals surface area contributed by atoms with Crippen LogP contribution >= 0.6 is 0 Å². The van der Waals surface area contributed by atoms with Crippen LogP contribution in [0, 0.1) is 5.92 Å². The fourth-order valence-corrected chi connectivity index (χ4v) is 4.62. The van der Waals surface area contributed by atoms with E-state index in [0.29, 0.717) is 30.9 Å². The summed E-state index contributed by atoms with van der Waals surface area (Å²) in [6.45, 7) is 4.50. The van der Waals surface area contributed by atoms with Gasteiger partial charge >= 0.3 is 0 Å². The van der Waals surface area contributed by atoms with Gasteiger partial charge < -0.3 is 14.6 Å². The Labute approximate surface area is 192 Å². The van der Waals surface area contributed by atoms with Crippen molar-refractivity contribution < 1.29 is 22.4 Å². The van der Waals surface area contributed by atoms with Gasteiger partial charge in [-0.15, -0.1) is 0 Å². The van der Waals surface area contributed by atoms with E-state index in [4.69, 9.17) is 4.42 Å². The van der Waals surface area contributed by atoms with Crippen LogP contribution in [0.5, 0.6) is 0 Å². The number of carbonyl (C=O) groups excluding carboxylic acids is 2. The third-order valence-corrected chi connectivity index (χ3v) is 6.84. The van der Waals surface area contributed by atoms with Gasteiger partial charge in [-0.3, -0.25) is 14.3 Å². The summed E-state index contributed by atoms with van der Waals surface area (Å²) in [5.41, 5.74) is 2.90. The summed E-state index contributed by atoms with van der Waals surface area (Å²) in [7, 11) is -3.82. The van der Waals surface area contributed by atoms with Gasteiger partial charge in [0.1, 0.15) is 0 Å². The van der Waals surface area contributed by atoms with Crippen molar-refractivity contribution in [2.45, 2.75) is 31.7 Å². The van der Waals surface area contributed by atoms with Crippen LogP contribution in [0.3, 0.4) is 0 Å². The molecule has 0 unspecified atom stereocenters. The Balaban J connectivity index is 1.47. The SMILES string of the molecule is CC(C)C(=O)Nc1ccc(S(=O)(=O)Nc2ccc3c(c2)CN(C(=O)c2ccco2)CC3)cc1. The molecule has 1 aliphatic heterocycles. The van der Waals surface area contributed by atoms with E-state index in [0.717, 1.165) is 11.1 Å². The predicted octanol–water partition coefficient (Wildman–Crippen LogP) is 3.87. The molecule has 33 heavy (non-hydrogen) atoms. The molecule has 8 nitrogen and oxygen atoms in total. The van der Waals surface area contributed by atoms with Crippen LogP contribution in [0.2, 0.25) is 0 Å². The molecule has 2 amide bonds. The van der Waals surface area contributed by atoms with Gasteiger partial charge in [-0.1, -0.05) is 19.9 Å². The lowest BCUT2D eigenvalue weighted by molar-refractivity contribution is -0.118. The highest BCUT2D eigenvalue weighted by Crippen LogP contribution is 2.26. The molecule has 2 N–H and O–H groups in total. The second-order valence-corrected chi connectivity index (χ2v) is 9.89. The lowest BCUT2D eigenvalue weighted by atomic mass is 9.99. The maximum Gasteiger partial charge on any atom is 0.289 e. The maximum absolute atomic E-state index is 12.9. The standard InChI is InChI=1S/C24H25N3O5S/c1-16(2)23(28)25-19-7-9-21(10-8-19)33(30,31)26-20-6-5-17-11-12-27(15-18(17)14-20)24(29)22-4-3-13-32-22/h3-10,13-14,16,26H,11-12,15H2,1-2H3,(H,25,28). The molecule has 0 fully saturated rings. The highest BCUT2D eigenvalue weighted by atomic mass is 32.2. The van der Waals surface area contributed by atoms with E-state index >= 15 is 0 Å². The predicted molar refractivity (Wildman–Crippen MR) is 124 cm³/mol. The molecule has 2 aromatic carbocycles. The van der Waals surface area contributed by atoms with E-state index in [2.05, 4.69) is 10.0 Å². The average Bonchev–Trinajstić information content (AvgIpc) is 3.33. The molecule has 0 saturated heterocycles. The topological polar surface area (TPSA) is 109 Å². The molecule has 1 aliphatic rings. The van der Waals surface area contributed by atoms with E-state index in [-0.39, 0.29) is 28.4 Å². The van der Waals surface area contributed by atoms with Gasteiger partial charge in [-0.25, -0.2) is 8.42 Å². The molecule has 0 radical (unpaired) electrons. The number of anilines is 2. The second kappa shape index (κ2) is 9.11. The molecule has 172 valence electrons. The summed E-state index contributed by atoms with van der Waals surface area (Å²) in [6.07, 6.45) is 2.14. The van der Waals surface area contributed by atoms with Crippen LogP contribution in [-0.2, 0) is 27.8 Å². The second-order valence-electron chi connectivity index (χ2n) is 8.21. The fraction of sp³-hybridized carbons (Fsp3) is 0.250. The number of hydrogen-bond donors (Lipinski definition) is 2. The highest BCUT2D eigenvalue weighted by Gasteiger charge is 2.24. The first-order valence-corrected chi connectivity index (χ1v) is 12.1. The van der Waals surface area contributed by atoms with E-state index in [9.17, 15) is 18.0 Å². The number of hydrogen-bond acceptors (Lipinski definition) is 5. The molecular formula is C24H25N3O5S. The van der Waals surface area contributed by atoms with Crippen LogP contribution < -0.4 is 10.0 Å². The van der Waals surface area contributed by atoms with Crippen LogP contribution in [-0.4, -0.2) is 31.7 Å². The van der Waals surface area contributed by atoms with E-state index < -0.39 is 10.0 Å². The van der Waals surface area contributed by atoms with Crippen molar-refractivity contribution in [3.8, 4) is 0 Å². The van der Waals surface area contributed by atoms with Crippen molar-refractivity contribution in [2.24, 2.45) is 5.92 Å². The summed E-state index contributed by atoms with van der Waals surface area (Å²) < 4.78 is 33.5. The summed E-state index contributed by atoms with van der Waals surface area (Å²) in [5.74, 6) is -0.230. The minimum Gasteiger partial charge on any atom is -0.459 e. The minimum atomic E-state index is -3.82. The number of amides is 2. The Bertz CT molecular complexity index is 1270. The minimum absolute atomic E-state index is 0.0809. The van der Waals surface area contributed by atoms with Crippen molar-refractivity contribution in [3.63, 3.8) is 0 Å².